The summed E-state index contributed by atoms with van der Waals surface area (Å²) in [5, 5.41) is 3.43. The molecule has 0 radical (unpaired) electrons. The van der Waals surface area contributed by atoms with Crippen molar-refractivity contribution in [1.29, 1.82) is 0 Å². The average Bonchev–Trinajstić information content (AvgIpc) is 2.49. The van der Waals surface area contributed by atoms with Crippen molar-refractivity contribution in [3.8, 4) is 0 Å². The van der Waals surface area contributed by atoms with Crippen molar-refractivity contribution in [2.75, 3.05) is 20.1 Å². The highest BCUT2D eigenvalue weighted by atomic mass is 16.2. The molecule has 20 heavy (non-hydrogen) atoms. The monoisotopic (exact) mass is 274 g/mol. The third-order valence-electron chi connectivity index (χ3n) is 4.32. The van der Waals surface area contributed by atoms with Crippen LogP contribution in [0.3, 0.4) is 0 Å². The highest BCUT2D eigenvalue weighted by molar-refractivity contribution is 5.76. The third-order valence-corrected chi connectivity index (χ3v) is 4.32. The molecular weight excluding hydrogens is 248 g/mol. The zero-order chi connectivity index (χ0) is 14.4. The fraction of sp³-hybridized carbons (Fsp3) is 0.588. The Morgan fingerprint density at radius 1 is 1.40 bits per heavy atom. The number of amides is 1. The summed E-state index contributed by atoms with van der Waals surface area (Å²) in [5.74, 6) is 1.37. The molecule has 1 amide bonds. The Morgan fingerprint density at radius 3 is 2.80 bits per heavy atom. The summed E-state index contributed by atoms with van der Waals surface area (Å²) in [5.41, 5.74) is 1.19. The van der Waals surface area contributed by atoms with Gasteiger partial charge >= 0.3 is 0 Å². The summed E-state index contributed by atoms with van der Waals surface area (Å²) < 4.78 is 0. The first-order chi connectivity index (χ1) is 9.66. The number of hydrogen-bond donors (Lipinski definition) is 1. The van der Waals surface area contributed by atoms with Crippen LogP contribution in [0.25, 0.3) is 0 Å². The number of hydrogen-bond acceptors (Lipinski definition) is 2. The van der Waals surface area contributed by atoms with Crippen LogP contribution in [0.4, 0.5) is 0 Å². The van der Waals surface area contributed by atoms with Crippen molar-refractivity contribution in [2.24, 2.45) is 11.8 Å². The Morgan fingerprint density at radius 2 is 2.15 bits per heavy atom. The quantitative estimate of drug-likeness (QED) is 0.895. The van der Waals surface area contributed by atoms with Gasteiger partial charge < -0.3 is 10.2 Å². The van der Waals surface area contributed by atoms with Crippen molar-refractivity contribution in [2.45, 2.75) is 32.7 Å². The highest BCUT2D eigenvalue weighted by Gasteiger charge is 2.23. The number of nitrogens with zero attached hydrogens (tertiary/aromatic N) is 1. The minimum atomic E-state index is 0.256. The van der Waals surface area contributed by atoms with Crippen LogP contribution in [0, 0.1) is 11.8 Å². The summed E-state index contributed by atoms with van der Waals surface area (Å²) >= 11 is 0. The second kappa shape index (κ2) is 7.44. The molecule has 0 spiro atoms. The first kappa shape index (κ1) is 15.0. The minimum absolute atomic E-state index is 0.256. The van der Waals surface area contributed by atoms with E-state index < -0.39 is 0 Å². The van der Waals surface area contributed by atoms with E-state index in [0.29, 0.717) is 24.8 Å². The number of carbonyl (C=O) groups excluding carboxylic acids is 1. The molecule has 3 heteroatoms. The number of rotatable bonds is 5. The normalized spacial score (nSPS) is 20.4. The lowest BCUT2D eigenvalue weighted by molar-refractivity contribution is -0.131. The Bertz CT molecular complexity index is 412. The lowest BCUT2D eigenvalue weighted by atomic mass is 9.85. The molecule has 2 atom stereocenters. The van der Waals surface area contributed by atoms with Crippen LogP contribution in [0.2, 0.25) is 0 Å². The predicted molar refractivity (Wildman–Crippen MR) is 82.3 cm³/mol. The van der Waals surface area contributed by atoms with Gasteiger partial charge in [-0.05, 0) is 43.3 Å². The molecule has 1 aliphatic heterocycles. The Hall–Kier alpha value is -1.35. The zero-order valence-corrected chi connectivity index (χ0v) is 12.6. The van der Waals surface area contributed by atoms with E-state index in [-0.39, 0.29) is 5.91 Å². The lowest BCUT2D eigenvalue weighted by Gasteiger charge is -2.29. The standard InChI is InChI=1S/C17H26N2O/c1-14(16-9-6-10-18-12-16)11-17(20)19(2)13-15-7-4-3-5-8-15/h3-5,7-8,14,16,18H,6,9-13H2,1-2H3. The van der Waals surface area contributed by atoms with E-state index in [9.17, 15) is 4.79 Å². The maximum atomic E-state index is 12.3. The van der Waals surface area contributed by atoms with Gasteiger partial charge in [0.25, 0.3) is 0 Å². The van der Waals surface area contributed by atoms with Crippen molar-refractivity contribution >= 4 is 5.91 Å². The fourth-order valence-electron chi connectivity index (χ4n) is 2.91. The topological polar surface area (TPSA) is 32.3 Å². The van der Waals surface area contributed by atoms with Gasteiger partial charge in [0.05, 0.1) is 0 Å². The Labute approximate surface area is 122 Å². The largest absolute Gasteiger partial charge is 0.341 e. The zero-order valence-electron chi connectivity index (χ0n) is 12.6. The van der Waals surface area contributed by atoms with Crippen molar-refractivity contribution in [3.05, 3.63) is 35.9 Å². The van der Waals surface area contributed by atoms with E-state index in [2.05, 4.69) is 24.4 Å². The van der Waals surface area contributed by atoms with Crippen molar-refractivity contribution < 1.29 is 4.79 Å². The molecule has 1 saturated heterocycles. The summed E-state index contributed by atoms with van der Waals surface area (Å²) in [4.78, 5) is 14.2. The summed E-state index contributed by atoms with van der Waals surface area (Å²) in [6.45, 7) is 5.11. The average molecular weight is 274 g/mol. The van der Waals surface area contributed by atoms with Gasteiger partial charge in [0.2, 0.25) is 5.91 Å². The van der Waals surface area contributed by atoms with Crippen molar-refractivity contribution in [1.82, 2.24) is 10.2 Å². The molecule has 1 fully saturated rings. The van der Waals surface area contributed by atoms with Gasteiger partial charge in [-0.1, -0.05) is 37.3 Å². The molecule has 1 aliphatic rings. The number of benzene rings is 1. The van der Waals surface area contributed by atoms with Crippen LogP contribution in [0.15, 0.2) is 30.3 Å². The van der Waals surface area contributed by atoms with Gasteiger partial charge in [-0.15, -0.1) is 0 Å². The van der Waals surface area contributed by atoms with Gasteiger partial charge in [0, 0.05) is 20.0 Å². The molecule has 1 aromatic rings. The molecule has 0 bridgehead atoms. The van der Waals surface area contributed by atoms with Crippen LogP contribution in [0.1, 0.15) is 31.7 Å². The predicted octanol–water partition coefficient (Wildman–Crippen LogP) is 2.67. The fourth-order valence-corrected chi connectivity index (χ4v) is 2.91. The highest BCUT2D eigenvalue weighted by Crippen LogP contribution is 2.23. The van der Waals surface area contributed by atoms with Crippen LogP contribution in [-0.2, 0) is 11.3 Å². The van der Waals surface area contributed by atoms with E-state index in [4.69, 9.17) is 0 Å². The molecule has 0 aromatic heterocycles. The number of nitrogens with one attached hydrogen (secondary N) is 1. The molecular formula is C17H26N2O. The van der Waals surface area contributed by atoms with E-state index >= 15 is 0 Å². The van der Waals surface area contributed by atoms with Gasteiger partial charge in [-0.25, -0.2) is 0 Å². The maximum absolute atomic E-state index is 12.3. The molecule has 3 nitrogen and oxygen atoms in total. The van der Waals surface area contributed by atoms with E-state index in [1.807, 2.05) is 30.1 Å². The van der Waals surface area contributed by atoms with Crippen LogP contribution >= 0.6 is 0 Å². The molecule has 110 valence electrons. The van der Waals surface area contributed by atoms with E-state index in [1.54, 1.807) is 0 Å². The Balaban J connectivity index is 1.81. The van der Waals surface area contributed by atoms with Gasteiger partial charge in [-0.2, -0.15) is 0 Å². The van der Waals surface area contributed by atoms with Crippen molar-refractivity contribution in [3.63, 3.8) is 0 Å². The molecule has 1 heterocycles. The lowest BCUT2D eigenvalue weighted by Crippen LogP contribution is -2.36. The van der Waals surface area contributed by atoms with Gasteiger partial charge in [-0.3, -0.25) is 4.79 Å². The van der Waals surface area contributed by atoms with E-state index in [1.165, 1.54) is 18.4 Å². The van der Waals surface area contributed by atoms with Crippen LogP contribution in [-0.4, -0.2) is 30.9 Å². The molecule has 0 saturated carbocycles. The summed E-state index contributed by atoms with van der Waals surface area (Å²) in [6.07, 6.45) is 3.16. The molecule has 1 N–H and O–H groups in total. The number of piperidine rings is 1. The van der Waals surface area contributed by atoms with Crippen LogP contribution in [0.5, 0.6) is 0 Å². The number of carbonyl (C=O) groups is 1. The maximum Gasteiger partial charge on any atom is 0.222 e. The summed E-state index contributed by atoms with van der Waals surface area (Å²) in [7, 11) is 1.90. The van der Waals surface area contributed by atoms with Gasteiger partial charge in [0.1, 0.15) is 0 Å². The van der Waals surface area contributed by atoms with Gasteiger partial charge in [0.15, 0.2) is 0 Å². The molecule has 2 unspecified atom stereocenters. The molecule has 0 aliphatic carbocycles. The third kappa shape index (κ3) is 4.34. The SMILES string of the molecule is CC(CC(=O)N(C)Cc1ccccc1)C1CCCNC1. The van der Waals surface area contributed by atoms with Crippen LogP contribution < -0.4 is 5.32 Å². The molecule has 2 rings (SSSR count). The summed E-state index contributed by atoms with van der Waals surface area (Å²) in [6, 6.07) is 10.2. The Kier molecular flexibility index (Phi) is 5.60. The molecule has 1 aromatic carbocycles. The minimum Gasteiger partial charge on any atom is -0.341 e. The second-order valence-electron chi connectivity index (χ2n) is 6.02. The first-order valence-electron chi connectivity index (χ1n) is 7.65. The first-order valence-corrected chi connectivity index (χ1v) is 7.65. The second-order valence-corrected chi connectivity index (χ2v) is 6.02. The van der Waals surface area contributed by atoms with E-state index in [0.717, 1.165) is 13.1 Å². The smallest absolute Gasteiger partial charge is 0.222 e.